The Kier molecular flexibility index (Phi) is 16.7. The number of ether oxygens (including phenoxy) is 1. The number of aryl methyl sites for hydroxylation is 7. The van der Waals surface area contributed by atoms with Gasteiger partial charge in [-0.25, -0.2) is 0 Å². The third-order valence-corrected chi connectivity index (χ3v) is 8.91. The Labute approximate surface area is 300 Å². The van der Waals surface area contributed by atoms with Crippen LogP contribution in [-0.4, -0.2) is 16.8 Å². The monoisotopic (exact) mass is 678 g/mol. The number of phenolic OH excluding ortho intramolecular Hbond substituents is 2. The van der Waals surface area contributed by atoms with Gasteiger partial charge in [0.15, 0.2) is 0 Å². The molecule has 7 nitrogen and oxygen atoms in total. The van der Waals surface area contributed by atoms with Crippen LogP contribution in [0.2, 0.25) is 0 Å². The number of unbranched alkanes of at least 4 members (excludes halogenated alkanes) is 9. The Balaban J connectivity index is 0.000000303. The molecular formula is C43H58N4O3. The molecule has 0 aliphatic carbocycles. The smallest absolute Gasteiger partial charge is 0.119 e. The molecule has 4 rings (SSSR count). The minimum atomic E-state index is 0.231. The lowest BCUT2D eigenvalue weighted by molar-refractivity contribution is 0.304. The molecule has 0 heterocycles. The molecule has 268 valence electrons. The van der Waals surface area contributed by atoms with Crippen LogP contribution in [0.1, 0.15) is 110 Å². The minimum Gasteiger partial charge on any atom is -0.508 e. The van der Waals surface area contributed by atoms with Crippen molar-refractivity contribution in [2.24, 2.45) is 20.5 Å². The van der Waals surface area contributed by atoms with E-state index in [2.05, 4.69) is 79.3 Å². The molecule has 7 heteroatoms. The van der Waals surface area contributed by atoms with Crippen LogP contribution in [-0.2, 0) is 0 Å². The van der Waals surface area contributed by atoms with E-state index < -0.39 is 0 Å². The van der Waals surface area contributed by atoms with Gasteiger partial charge in [0.1, 0.15) is 17.2 Å². The summed E-state index contributed by atoms with van der Waals surface area (Å²) in [6.07, 6.45) is 13.4. The maximum absolute atomic E-state index is 9.47. The Morgan fingerprint density at radius 3 is 1.42 bits per heavy atom. The lowest BCUT2D eigenvalue weighted by Crippen LogP contribution is -1.98. The van der Waals surface area contributed by atoms with Gasteiger partial charge in [-0.05, 0) is 148 Å². The van der Waals surface area contributed by atoms with Gasteiger partial charge in [0, 0.05) is 0 Å². The highest BCUT2D eigenvalue weighted by Gasteiger charge is 2.07. The molecule has 0 amide bonds. The van der Waals surface area contributed by atoms with Gasteiger partial charge in [0.25, 0.3) is 0 Å². The van der Waals surface area contributed by atoms with Crippen LogP contribution < -0.4 is 4.74 Å². The Morgan fingerprint density at radius 2 is 0.920 bits per heavy atom. The topological polar surface area (TPSA) is 99.1 Å². The molecule has 50 heavy (non-hydrogen) atoms. The molecule has 0 aliphatic rings. The Bertz CT molecular complexity index is 1680. The normalized spacial score (nSPS) is 11.3. The van der Waals surface area contributed by atoms with Crippen LogP contribution in [0.15, 0.2) is 81.1 Å². The molecule has 0 saturated heterocycles. The van der Waals surface area contributed by atoms with Gasteiger partial charge in [-0.1, -0.05) is 70.8 Å². The van der Waals surface area contributed by atoms with E-state index >= 15 is 0 Å². The molecule has 0 aromatic heterocycles. The van der Waals surface area contributed by atoms with Crippen LogP contribution in [0.3, 0.4) is 0 Å². The van der Waals surface area contributed by atoms with E-state index in [4.69, 9.17) is 4.74 Å². The molecule has 2 N–H and O–H groups in total. The van der Waals surface area contributed by atoms with Crippen LogP contribution in [0, 0.1) is 48.5 Å². The van der Waals surface area contributed by atoms with E-state index in [1.54, 1.807) is 30.3 Å². The summed E-state index contributed by atoms with van der Waals surface area (Å²) in [5.74, 6) is 1.42. The van der Waals surface area contributed by atoms with Gasteiger partial charge in [0.2, 0.25) is 0 Å². The van der Waals surface area contributed by atoms with E-state index in [1.165, 1.54) is 68.9 Å². The van der Waals surface area contributed by atoms with E-state index in [9.17, 15) is 10.2 Å². The van der Waals surface area contributed by atoms with Crippen molar-refractivity contribution in [3.63, 3.8) is 0 Å². The fourth-order valence-electron chi connectivity index (χ4n) is 5.73. The highest BCUT2D eigenvalue weighted by molar-refractivity contribution is 5.57. The van der Waals surface area contributed by atoms with Crippen LogP contribution >= 0.6 is 0 Å². The first-order chi connectivity index (χ1) is 24.0. The van der Waals surface area contributed by atoms with Crippen molar-refractivity contribution in [1.29, 1.82) is 0 Å². The summed E-state index contributed by atoms with van der Waals surface area (Å²) in [5.41, 5.74) is 10.5. The van der Waals surface area contributed by atoms with Crippen LogP contribution in [0.4, 0.5) is 22.7 Å². The summed E-state index contributed by atoms with van der Waals surface area (Å²) in [5, 5.41) is 36.3. The average molecular weight is 679 g/mol. The maximum Gasteiger partial charge on any atom is 0.119 e. The lowest BCUT2D eigenvalue weighted by atomic mass is 10.1. The van der Waals surface area contributed by atoms with Gasteiger partial charge in [0.05, 0.1) is 29.4 Å². The quantitative estimate of drug-likeness (QED) is 0.0911. The predicted octanol–water partition coefficient (Wildman–Crippen LogP) is 14.1. The highest BCUT2D eigenvalue weighted by atomic mass is 16.5. The summed E-state index contributed by atoms with van der Waals surface area (Å²) in [7, 11) is 0. The third kappa shape index (κ3) is 13.4. The number of hydrogen-bond donors (Lipinski definition) is 2. The van der Waals surface area contributed by atoms with Crippen LogP contribution in [0.5, 0.6) is 17.2 Å². The zero-order valence-electron chi connectivity index (χ0n) is 31.6. The van der Waals surface area contributed by atoms with Crippen molar-refractivity contribution in [2.45, 2.75) is 120 Å². The van der Waals surface area contributed by atoms with Gasteiger partial charge in [-0.15, -0.1) is 0 Å². The van der Waals surface area contributed by atoms with Gasteiger partial charge < -0.3 is 14.9 Å². The largest absolute Gasteiger partial charge is 0.508 e. The molecule has 0 radical (unpaired) electrons. The Morgan fingerprint density at radius 1 is 0.460 bits per heavy atom. The fourth-order valence-corrected chi connectivity index (χ4v) is 5.73. The number of azo groups is 2. The average Bonchev–Trinajstić information content (AvgIpc) is 3.06. The predicted molar refractivity (Wildman–Crippen MR) is 208 cm³/mol. The van der Waals surface area contributed by atoms with Crippen molar-refractivity contribution < 1.29 is 14.9 Å². The summed E-state index contributed by atoms with van der Waals surface area (Å²) in [4.78, 5) is 0. The van der Waals surface area contributed by atoms with Crippen molar-refractivity contribution in [1.82, 2.24) is 0 Å². The number of rotatable bonds is 16. The minimum absolute atomic E-state index is 0.231. The van der Waals surface area contributed by atoms with Crippen molar-refractivity contribution in [3.8, 4) is 17.2 Å². The number of phenols is 2. The van der Waals surface area contributed by atoms with Crippen LogP contribution in [0.25, 0.3) is 0 Å². The van der Waals surface area contributed by atoms with Gasteiger partial charge >= 0.3 is 0 Å². The number of nitrogens with zero attached hydrogens (tertiary/aromatic N) is 4. The SMILES string of the molecule is CCCCCCCCCCCCOc1cc(C)c(N=Nc2ccc(C)c(C)c2)c(C)c1.Cc1cc(N=Nc2c(C)cc(O)cc2C)ccc1O. The van der Waals surface area contributed by atoms with Crippen molar-refractivity contribution >= 4 is 22.7 Å². The highest BCUT2D eigenvalue weighted by Crippen LogP contribution is 2.32. The van der Waals surface area contributed by atoms with E-state index in [0.29, 0.717) is 5.69 Å². The summed E-state index contributed by atoms with van der Waals surface area (Å²) >= 11 is 0. The summed E-state index contributed by atoms with van der Waals surface area (Å²) in [6, 6.07) is 18.7. The molecule has 0 fully saturated rings. The van der Waals surface area contributed by atoms with Gasteiger partial charge in [-0.2, -0.15) is 20.5 Å². The number of benzene rings is 4. The summed E-state index contributed by atoms with van der Waals surface area (Å²) < 4.78 is 6.01. The molecular weight excluding hydrogens is 620 g/mol. The third-order valence-electron chi connectivity index (χ3n) is 8.91. The first-order valence-corrected chi connectivity index (χ1v) is 18.2. The maximum atomic E-state index is 9.47. The number of aromatic hydroxyl groups is 2. The fraction of sp³-hybridized carbons (Fsp3) is 0.442. The first-order valence-electron chi connectivity index (χ1n) is 18.2. The molecule has 0 atom stereocenters. The molecule has 0 saturated carbocycles. The first kappa shape index (κ1) is 39.9. The Hall–Kier alpha value is -4.52. The second-order valence-electron chi connectivity index (χ2n) is 13.5. The van der Waals surface area contributed by atoms with E-state index in [1.807, 2.05) is 26.8 Å². The van der Waals surface area contributed by atoms with Gasteiger partial charge in [-0.3, -0.25) is 0 Å². The summed E-state index contributed by atoms with van der Waals surface area (Å²) in [6.45, 7) is 17.0. The lowest BCUT2D eigenvalue weighted by Gasteiger charge is -2.10. The van der Waals surface area contributed by atoms with E-state index in [0.717, 1.165) is 63.7 Å². The molecule has 4 aromatic carbocycles. The van der Waals surface area contributed by atoms with E-state index in [-0.39, 0.29) is 11.5 Å². The number of hydrogen-bond acceptors (Lipinski definition) is 7. The van der Waals surface area contributed by atoms with Crippen molar-refractivity contribution in [2.75, 3.05) is 6.61 Å². The molecule has 0 unspecified atom stereocenters. The molecule has 4 aromatic rings. The molecule has 0 spiro atoms. The zero-order valence-corrected chi connectivity index (χ0v) is 31.6. The zero-order chi connectivity index (χ0) is 36.5. The molecule has 0 aliphatic heterocycles. The standard InChI is InChI=1S/C28H42N2O.C15H16N2O2/c1-6-7-8-9-10-11-12-13-14-15-18-31-27-20-24(4)28(25(5)21-27)30-29-26-17-16-22(2)23(3)19-26;1-9-6-12(4-5-14(9)19)16-17-15-10(2)7-13(18)8-11(15)3/h16-17,19-21H,6-15,18H2,1-5H3;4-8,18-19H,1-3H3. The second kappa shape index (κ2) is 20.9. The molecule has 0 bridgehead atoms. The second-order valence-corrected chi connectivity index (χ2v) is 13.5. The van der Waals surface area contributed by atoms with Crippen molar-refractivity contribution in [3.05, 3.63) is 99.6 Å².